The summed E-state index contributed by atoms with van der Waals surface area (Å²) in [5.41, 5.74) is 0.599. The van der Waals surface area contributed by atoms with Gasteiger partial charge in [-0.3, -0.25) is 13.9 Å². The molecule has 0 unspecified atom stereocenters. The zero-order valence-corrected chi connectivity index (χ0v) is 11.8. The van der Waals surface area contributed by atoms with E-state index in [9.17, 15) is 14.4 Å². The van der Waals surface area contributed by atoms with Crippen molar-refractivity contribution in [2.45, 2.75) is 12.6 Å². The van der Waals surface area contributed by atoms with Gasteiger partial charge < -0.3 is 10.1 Å². The lowest BCUT2D eigenvalue weighted by molar-refractivity contribution is 0.0453. The molecule has 2 aromatic rings. The van der Waals surface area contributed by atoms with Gasteiger partial charge in [0.1, 0.15) is 11.4 Å². The highest BCUT2D eigenvalue weighted by atomic mass is 16.5. The van der Waals surface area contributed by atoms with Gasteiger partial charge in [-0.05, 0) is 6.07 Å². The Morgan fingerprint density at radius 3 is 2.82 bits per heavy atom. The minimum absolute atomic E-state index is 0.304. The minimum Gasteiger partial charge on any atom is -0.449 e. The third kappa shape index (κ3) is 1.53. The lowest BCUT2D eigenvalue weighted by Crippen LogP contribution is -2.40. The zero-order valence-electron chi connectivity index (χ0n) is 11.8. The van der Waals surface area contributed by atoms with Gasteiger partial charge in [0, 0.05) is 25.7 Å². The van der Waals surface area contributed by atoms with Crippen LogP contribution >= 0.6 is 0 Å². The van der Waals surface area contributed by atoms with Crippen LogP contribution in [0.25, 0.3) is 0 Å². The average molecular weight is 299 g/mol. The second kappa shape index (κ2) is 4.33. The van der Waals surface area contributed by atoms with E-state index in [1.54, 1.807) is 24.3 Å². The van der Waals surface area contributed by atoms with Crippen LogP contribution in [-0.2, 0) is 18.3 Å². The number of esters is 1. The van der Waals surface area contributed by atoms with E-state index in [-0.39, 0.29) is 5.69 Å². The predicted molar refractivity (Wildman–Crippen MR) is 78.1 cm³/mol. The molecule has 3 heterocycles. The molecule has 2 aliphatic rings. The Labute approximate surface area is 124 Å². The summed E-state index contributed by atoms with van der Waals surface area (Å²) >= 11 is 0. The number of nitrogens with zero attached hydrogens (tertiary/aromatic N) is 2. The van der Waals surface area contributed by atoms with E-state index in [0.29, 0.717) is 35.6 Å². The number of nitrogens with one attached hydrogen (secondary N) is 1. The van der Waals surface area contributed by atoms with Gasteiger partial charge in [-0.1, -0.05) is 18.2 Å². The normalized spacial score (nSPS) is 18.6. The standard InChI is InChI=1S/C15H13N3O4/c1-17-13(19)10(12-16-6-7-18(12)15(17)21)11-8-4-2-3-5-9(8)14(20)22-11/h2-5,11,16H,6-7H2,1H3/t11-/m0/s1. The van der Waals surface area contributed by atoms with Gasteiger partial charge in [-0.25, -0.2) is 9.59 Å². The number of hydrogen-bond donors (Lipinski definition) is 1. The van der Waals surface area contributed by atoms with E-state index < -0.39 is 17.6 Å². The number of anilines is 1. The van der Waals surface area contributed by atoms with E-state index in [1.165, 1.54) is 11.6 Å². The SMILES string of the molecule is Cn1c(=O)c([C@H]2OC(=O)c3ccccc32)c2n(c1=O)CCN2. The number of rotatable bonds is 1. The Balaban J connectivity index is 2.02. The van der Waals surface area contributed by atoms with Crippen LogP contribution in [-0.4, -0.2) is 21.6 Å². The predicted octanol–water partition coefficient (Wildman–Crippen LogP) is 0.232. The fraction of sp³-hybridized carbons (Fsp3) is 0.267. The fourth-order valence-electron chi connectivity index (χ4n) is 3.07. The van der Waals surface area contributed by atoms with Gasteiger partial charge in [-0.2, -0.15) is 0 Å². The van der Waals surface area contributed by atoms with Crippen LogP contribution < -0.4 is 16.6 Å². The molecule has 1 aromatic carbocycles. The maximum absolute atomic E-state index is 12.6. The van der Waals surface area contributed by atoms with Crippen molar-refractivity contribution in [2.75, 3.05) is 11.9 Å². The smallest absolute Gasteiger partial charge is 0.339 e. The van der Waals surface area contributed by atoms with Crippen molar-refractivity contribution in [3.63, 3.8) is 0 Å². The highest BCUT2D eigenvalue weighted by molar-refractivity contribution is 5.94. The summed E-state index contributed by atoms with van der Waals surface area (Å²) in [5, 5.41) is 3.06. The zero-order chi connectivity index (χ0) is 15.4. The van der Waals surface area contributed by atoms with E-state index in [0.717, 1.165) is 4.57 Å². The minimum atomic E-state index is -0.783. The Hall–Kier alpha value is -2.83. The largest absolute Gasteiger partial charge is 0.449 e. The first-order valence-electron chi connectivity index (χ1n) is 6.97. The highest BCUT2D eigenvalue weighted by Gasteiger charge is 2.37. The van der Waals surface area contributed by atoms with Crippen LogP contribution in [0.3, 0.4) is 0 Å². The molecule has 1 N–H and O–H groups in total. The van der Waals surface area contributed by atoms with Crippen LogP contribution in [0.2, 0.25) is 0 Å². The van der Waals surface area contributed by atoms with Crippen LogP contribution in [0, 0.1) is 0 Å². The third-order valence-electron chi connectivity index (χ3n) is 4.16. The summed E-state index contributed by atoms with van der Waals surface area (Å²) in [6.45, 7) is 1.05. The summed E-state index contributed by atoms with van der Waals surface area (Å²) in [7, 11) is 1.43. The quantitative estimate of drug-likeness (QED) is 0.762. The summed E-state index contributed by atoms with van der Waals surface area (Å²) in [5.74, 6) is -0.00629. The van der Waals surface area contributed by atoms with E-state index in [2.05, 4.69) is 5.32 Å². The fourth-order valence-corrected chi connectivity index (χ4v) is 3.07. The molecule has 22 heavy (non-hydrogen) atoms. The van der Waals surface area contributed by atoms with Crippen molar-refractivity contribution < 1.29 is 9.53 Å². The average Bonchev–Trinajstić information content (AvgIpc) is 3.12. The van der Waals surface area contributed by atoms with E-state index in [1.807, 2.05) is 0 Å². The number of cyclic esters (lactones) is 1. The van der Waals surface area contributed by atoms with Crippen molar-refractivity contribution >= 4 is 11.8 Å². The Kier molecular flexibility index (Phi) is 2.53. The molecular formula is C15H13N3O4. The van der Waals surface area contributed by atoms with Gasteiger partial charge in [-0.15, -0.1) is 0 Å². The molecule has 0 bridgehead atoms. The number of aromatic nitrogens is 2. The lowest BCUT2D eigenvalue weighted by Gasteiger charge is -2.16. The van der Waals surface area contributed by atoms with E-state index in [4.69, 9.17) is 4.74 Å². The second-order valence-electron chi connectivity index (χ2n) is 5.36. The highest BCUT2D eigenvalue weighted by Crippen LogP contribution is 2.37. The maximum atomic E-state index is 12.6. The molecule has 7 nitrogen and oxygen atoms in total. The Morgan fingerprint density at radius 2 is 2.00 bits per heavy atom. The lowest BCUT2D eigenvalue weighted by atomic mass is 10.0. The van der Waals surface area contributed by atoms with Crippen LogP contribution in [0.4, 0.5) is 5.82 Å². The second-order valence-corrected chi connectivity index (χ2v) is 5.36. The van der Waals surface area contributed by atoms with Crippen molar-refractivity contribution in [1.82, 2.24) is 9.13 Å². The van der Waals surface area contributed by atoms with Crippen molar-refractivity contribution in [3.05, 3.63) is 61.8 Å². The third-order valence-corrected chi connectivity index (χ3v) is 4.16. The van der Waals surface area contributed by atoms with Crippen LogP contribution in [0.1, 0.15) is 27.6 Å². The number of carbonyl (C=O) groups excluding carboxylic acids is 1. The van der Waals surface area contributed by atoms with E-state index >= 15 is 0 Å². The number of carbonyl (C=O) groups is 1. The van der Waals surface area contributed by atoms with Crippen LogP contribution in [0.5, 0.6) is 0 Å². The molecule has 112 valence electrons. The molecule has 7 heteroatoms. The maximum Gasteiger partial charge on any atom is 0.339 e. The number of ether oxygens (including phenoxy) is 1. The monoisotopic (exact) mass is 299 g/mol. The van der Waals surface area contributed by atoms with Gasteiger partial charge in [0.15, 0.2) is 6.10 Å². The van der Waals surface area contributed by atoms with Gasteiger partial charge >= 0.3 is 11.7 Å². The summed E-state index contributed by atoms with van der Waals surface area (Å²) in [6.07, 6.45) is -0.783. The molecule has 0 saturated carbocycles. The summed E-state index contributed by atoms with van der Waals surface area (Å²) in [6, 6.07) is 6.98. The molecule has 2 aliphatic heterocycles. The van der Waals surface area contributed by atoms with Gasteiger partial charge in [0.25, 0.3) is 5.56 Å². The molecule has 0 radical (unpaired) electrons. The van der Waals surface area contributed by atoms with Crippen molar-refractivity contribution in [2.24, 2.45) is 7.05 Å². The number of hydrogen-bond acceptors (Lipinski definition) is 5. The van der Waals surface area contributed by atoms with Gasteiger partial charge in [0.2, 0.25) is 0 Å². The topological polar surface area (TPSA) is 82.3 Å². The molecular weight excluding hydrogens is 286 g/mol. The molecule has 0 spiro atoms. The summed E-state index contributed by atoms with van der Waals surface area (Å²) < 4.78 is 7.97. The first-order chi connectivity index (χ1) is 10.6. The molecule has 4 rings (SSSR count). The number of fused-ring (bicyclic) bond motifs is 2. The summed E-state index contributed by atoms with van der Waals surface area (Å²) in [4.78, 5) is 36.7. The van der Waals surface area contributed by atoms with Crippen LogP contribution in [0.15, 0.2) is 33.9 Å². The molecule has 0 amide bonds. The molecule has 0 saturated heterocycles. The Morgan fingerprint density at radius 1 is 1.23 bits per heavy atom. The van der Waals surface area contributed by atoms with Crippen molar-refractivity contribution in [3.8, 4) is 0 Å². The Bertz CT molecular complexity index is 925. The van der Waals surface area contributed by atoms with Crippen molar-refractivity contribution in [1.29, 1.82) is 0 Å². The molecule has 0 aliphatic carbocycles. The number of benzene rings is 1. The first kappa shape index (κ1) is 12.9. The van der Waals surface area contributed by atoms with Gasteiger partial charge in [0.05, 0.1) is 5.56 Å². The molecule has 1 atom stereocenters. The first-order valence-corrected chi connectivity index (χ1v) is 6.97. The molecule has 1 aromatic heterocycles. The molecule has 0 fully saturated rings.